The number of benzene rings is 3. The Hall–Kier alpha value is -3.07. The number of carbonyl (C=O) groups excluding carboxylic acids is 1. The smallest absolute Gasteiger partial charge is 0.319 e. The van der Waals surface area contributed by atoms with E-state index >= 15 is 0 Å². The summed E-state index contributed by atoms with van der Waals surface area (Å²) in [5, 5.41) is 6.12. The summed E-state index contributed by atoms with van der Waals surface area (Å²) in [6.07, 6.45) is 4.23. The Morgan fingerprint density at radius 1 is 0.818 bits per heavy atom. The topological polar surface area (TPSA) is 41.1 Å². The molecule has 0 aliphatic heterocycles. The second-order valence-corrected chi connectivity index (χ2v) is 9.61. The second kappa shape index (κ2) is 11.7. The van der Waals surface area contributed by atoms with Gasteiger partial charge in [-0.25, -0.2) is 4.79 Å². The highest BCUT2D eigenvalue weighted by atomic mass is 16.2. The summed E-state index contributed by atoms with van der Waals surface area (Å²) >= 11 is 0. The molecule has 3 heteroatoms. The third kappa shape index (κ3) is 7.49. The van der Waals surface area contributed by atoms with E-state index in [0.717, 1.165) is 30.5 Å². The minimum absolute atomic E-state index is 0.158. The molecule has 3 rings (SSSR count). The second-order valence-electron chi connectivity index (χ2n) is 9.61. The number of amides is 2. The highest BCUT2D eigenvalue weighted by molar-refractivity contribution is 5.90. The largest absolute Gasteiger partial charge is 0.334 e. The molecule has 33 heavy (non-hydrogen) atoms. The molecule has 3 aromatic carbocycles. The molecule has 3 nitrogen and oxygen atoms in total. The Morgan fingerprint density at radius 2 is 1.55 bits per heavy atom. The molecule has 0 spiro atoms. The van der Waals surface area contributed by atoms with Crippen LogP contribution in [-0.2, 0) is 19.4 Å². The fourth-order valence-electron chi connectivity index (χ4n) is 4.13. The number of aryl methyl sites for hydroxylation is 4. The standard InChI is InChI=1S/C30H38N2O/c1-21(2)10-9-13-28-17-22(3)23(4)18-29(28)32-30(33)31-20-26-14-15-27(24(5)16-26)19-25-11-7-6-8-12-25/h6-8,11-12,14-18,21H,9-10,13,19-20H2,1-5H3,(H2,31,32,33). The maximum atomic E-state index is 12.7. The van der Waals surface area contributed by atoms with E-state index < -0.39 is 0 Å². The summed E-state index contributed by atoms with van der Waals surface area (Å²) in [6.45, 7) is 11.4. The quantitative estimate of drug-likeness (QED) is 0.354. The molecule has 0 aliphatic carbocycles. The van der Waals surface area contributed by atoms with Crippen LogP contribution in [0.25, 0.3) is 0 Å². The van der Waals surface area contributed by atoms with Gasteiger partial charge in [-0.2, -0.15) is 0 Å². The SMILES string of the molecule is Cc1cc(CCCC(C)C)c(NC(=O)NCc2ccc(Cc3ccccc3)c(C)c2)cc1C. The molecule has 0 heterocycles. The summed E-state index contributed by atoms with van der Waals surface area (Å²) in [5.41, 5.74) is 9.59. The summed E-state index contributed by atoms with van der Waals surface area (Å²) in [5.74, 6) is 0.693. The van der Waals surface area contributed by atoms with Crippen LogP contribution in [0.4, 0.5) is 10.5 Å². The van der Waals surface area contributed by atoms with Crippen LogP contribution in [0.3, 0.4) is 0 Å². The highest BCUT2D eigenvalue weighted by Gasteiger charge is 2.10. The van der Waals surface area contributed by atoms with Gasteiger partial charge in [0.25, 0.3) is 0 Å². The third-order valence-corrected chi connectivity index (χ3v) is 6.29. The van der Waals surface area contributed by atoms with Crippen LogP contribution in [-0.4, -0.2) is 6.03 Å². The molecule has 0 aromatic heterocycles. The molecular weight excluding hydrogens is 404 g/mol. The molecule has 0 aliphatic rings. The maximum Gasteiger partial charge on any atom is 0.319 e. The van der Waals surface area contributed by atoms with Gasteiger partial charge in [0.15, 0.2) is 0 Å². The van der Waals surface area contributed by atoms with Crippen molar-refractivity contribution in [3.05, 3.63) is 99.6 Å². The Bertz CT molecular complexity index is 1070. The number of urea groups is 1. The van der Waals surface area contributed by atoms with E-state index in [1.165, 1.54) is 39.8 Å². The maximum absolute atomic E-state index is 12.7. The molecule has 0 bridgehead atoms. The molecule has 0 atom stereocenters. The lowest BCUT2D eigenvalue weighted by atomic mass is 9.97. The monoisotopic (exact) mass is 442 g/mol. The lowest BCUT2D eigenvalue weighted by Crippen LogP contribution is -2.28. The first kappa shape index (κ1) is 24.6. The van der Waals surface area contributed by atoms with Crippen molar-refractivity contribution in [1.29, 1.82) is 0 Å². The third-order valence-electron chi connectivity index (χ3n) is 6.29. The molecule has 0 saturated heterocycles. The fourth-order valence-corrected chi connectivity index (χ4v) is 4.13. The van der Waals surface area contributed by atoms with Crippen LogP contribution in [0, 0.1) is 26.7 Å². The zero-order valence-electron chi connectivity index (χ0n) is 20.8. The van der Waals surface area contributed by atoms with E-state index in [0.29, 0.717) is 12.5 Å². The van der Waals surface area contributed by atoms with Crippen molar-refractivity contribution in [3.8, 4) is 0 Å². The number of hydrogen-bond acceptors (Lipinski definition) is 1. The number of rotatable bonds is 9. The van der Waals surface area contributed by atoms with Gasteiger partial charge in [0, 0.05) is 12.2 Å². The molecule has 3 aromatic rings. The zero-order chi connectivity index (χ0) is 23.8. The predicted molar refractivity (Wildman–Crippen MR) is 140 cm³/mol. The first-order valence-electron chi connectivity index (χ1n) is 12.1. The van der Waals surface area contributed by atoms with E-state index in [1.807, 2.05) is 6.07 Å². The first-order valence-corrected chi connectivity index (χ1v) is 12.1. The molecule has 174 valence electrons. The first-order chi connectivity index (χ1) is 15.8. The highest BCUT2D eigenvalue weighted by Crippen LogP contribution is 2.24. The summed E-state index contributed by atoms with van der Waals surface area (Å²) < 4.78 is 0. The molecule has 0 radical (unpaired) electrons. The normalized spacial score (nSPS) is 11.0. The van der Waals surface area contributed by atoms with Crippen molar-refractivity contribution in [2.24, 2.45) is 5.92 Å². The van der Waals surface area contributed by atoms with Crippen molar-refractivity contribution in [3.63, 3.8) is 0 Å². The van der Waals surface area contributed by atoms with Gasteiger partial charge in [0.05, 0.1) is 0 Å². The van der Waals surface area contributed by atoms with Gasteiger partial charge in [0.1, 0.15) is 0 Å². The summed E-state index contributed by atoms with van der Waals surface area (Å²) in [6, 6.07) is 21.1. The summed E-state index contributed by atoms with van der Waals surface area (Å²) in [4.78, 5) is 12.7. The van der Waals surface area contributed by atoms with E-state index in [-0.39, 0.29) is 6.03 Å². The molecule has 0 saturated carbocycles. The lowest BCUT2D eigenvalue weighted by molar-refractivity contribution is 0.251. The predicted octanol–water partition coefficient (Wildman–Crippen LogP) is 7.50. The number of hydrogen-bond donors (Lipinski definition) is 2. The van der Waals surface area contributed by atoms with Crippen molar-refractivity contribution in [1.82, 2.24) is 5.32 Å². The van der Waals surface area contributed by atoms with E-state index in [2.05, 4.69) is 99.8 Å². The minimum atomic E-state index is -0.158. The van der Waals surface area contributed by atoms with Crippen LogP contribution >= 0.6 is 0 Å². The van der Waals surface area contributed by atoms with Gasteiger partial charge in [-0.3, -0.25) is 0 Å². The zero-order valence-corrected chi connectivity index (χ0v) is 20.8. The van der Waals surface area contributed by atoms with Crippen molar-refractivity contribution >= 4 is 11.7 Å². The van der Waals surface area contributed by atoms with Gasteiger partial charge >= 0.3 is 6.03 Å². The average molecular weight is 443 g/mol. The molecular formula is C30H38N2O. The summed E-state index contributed by atoms with van der Waals surface area (Å²) in [7, 11) is 0. The Labute approximate surface area is 199 Å². The Morgan fingerprint density at radius 3 is 2.24 bits per heavy atom. The van der Waals surface area contributed by atoms with E-state index in [1.54, 1.807) is 0 Å². The molecule has 2 N–H and O–H groups in total. The van der Waals surface area contributed by atoms with Crippen LogP contribution in [0.15, 0.2) is 60.7 Å². The minimum Gasteiger partial charge on any atom is -0.334 e. The van der Waals surface area contributed by atoms with Crippen LogP contribution < -0.4 is 10.6 Å². The Balaban J connectivity index is 1.60. The van der Waals surface area contributed by atoms with Gasteiger partial charge in [0.2, 0.25) is 0 Å². The van der Waals surface area contributed by atoms with Crippen LogP contribution in [0.2, 0.25) is 0 Å². The van der Waals surface area contributed by atoms with Gasteiger partial charge in [-0.05, 0) is 91.0 Å². The van der Waals surface area contributed by atoms with Crippen molar-refractivity contribution in [2.75, 3.05) is 5.32 Å². The molecule has 0 unspecified atom stereocenters. The fraction of sp³-hybridized carbons (Fsp3) is 0.367. The van der Waals surface area contributed by atoms with Crippen LogP contribution in [0.1, 0.15) is 65.6 Å². The number of nitrogens with one attached hydrogen (secondary N) is 2. The average Bonchev–Trinajstić information content (AvgIpc) is 2.78. The van der Waals surface area contributed by atoms with Crippen molar-refractivity contribution < 1.29 is 4.79 Å². The van der Waals surface area contributed by atoms with Gasteiger partial charge < -0.3 is 10.6 Å². The Kier molecular flexibility index (Phi) is 8.71. The van der Waals surface area contributed by atoms with Gasteiger partial charge in [-0.1, -0.05) is 74.9 Å². The number of carbonyl (C=O) groups is 1. The van der Waals surface area contributed by atoms with Crippen molar-refractivity contribution in [2.45, 2.75) is 66.8 Å². The van der Waals surface area contributed by atoms with E-state index in [4.69, 9.17) is 0 Å². The molecule has 0 fully saturated rings. The molecule has 2 amide bonds. The number of anilines is 1. The van der Waals surface area contributed by atoms with E-state index in [9.17, 15) is 4.79 Å². The van der Waals surface area contributed by atoms with Gasteiger partial charge in [-0.15, -0.1) is 0 Å². The lowest BCUT2D eigenvalue weighted by Gasteiger charge is -2.16. The van der Waals surface area contributed by atoms with Crippen LogP contribution in [0.5, 0.6) is 0 Å².